The van der Waals surface area contributed by atoms with Crippen molar-refractivity contribution in [1.82, 2.24) is 5.32 Å². The number of halogens is 1. The molecule has 0 fully saturated rings. The predicted octanol–water partition coefficient (Wildman–Crippen LogP) is 3.22. The minimum atomic E-state index is 0.836. The van der Waals surface area contributed by atoms with Crippen LogP contribution in [0.15, 0.2) is 27.3 Å². The third-order valence-electron chi connectivity index (χ3n) is 2.27. The van der Waals surface area contributed by atoms with Crippen LogP contribution in [0.2, 0.25) is 0 Å². The molecule has 2 aromatic rings. The van der Waals surface area contributed by atoms with Crippen molar-refractivity contribution < 1.29 is 4.42 Å². The number of nitrogens with one attached hydrogen (secondary N) is 1. The third kappa shape index (κ3) is 1.57. The normalized spacial score (nSPS) is 11.1. The van der Waals surface area contributed by atoms with Gasteiger partial charge in [0.1, 0.15) is 5.58 Å². The molecule has 14 heavy (non-hydrogen) atoms. The summed E-state index contributed by atoms with van der Waals surface area (Å²) >= 11 is 3.49. The van der Waals surface area contributed by atoms with E-state index >= 15 is 0 Å². The summed E-state index contributed by atoms with van der Waals surface area (Å²) in [5, 5.41) is 4.31. The second kappa shape index (κ2) is 3.75. The molecule has 0 bridgehead atoms. The molecule has 74 valence electrons. The summed E-state index contributed by atoms with van der Waals surface area (Å²) in [5.74, 6) is 0. The Morgan fingerprint density at radius 1 is 1.43 bits per heavy atom. The maximum Gasteiger partial charge on any atom is 0.137 e. The Kier molecular flexibility index (Phi) is 2.61. The van der Waals surface area contributed by atoms with Crippen molar-refractivity contribution >= 4 is 26.9 Å². The molecule has 2 rings (SSSR count). The number of rotatable bonds is 2. The highest BCUT2D eigenvalue weighted by atomic mass is 79.9. The van der Waals surface area contributed by atoms with Crippen LogP contribution in [0.1, 0.15) is 11.1 Å². The van der Waals surface area contributed by atoms with Gasteiger partial charge in [0.15, 0.2) is 0 Å². The van der Waals surface area contributed by atoms with Crippen LogP contribution in [0.4, 0.5) is 0 Å². The van der Waals surface area contributed by atoms with Gasteiger partial charge in [0.2, 0.25) is 0 Å². The molecular weight excluding hydrogens is 242 g/mol. The second-order valence-corrected chi connectivity index (χ2v) is 4.31. The molecule has 0 saturated heterocycles. The van der Waals surface area contributed by atoms with Crippen molar-refractivity contribution in [3.63, 3.8) is 0 Å². The number of fused-ring (bicyclic) bond motifs is 1. The Hall–Kier alpha value is -0.800. The van der Waals surface area contributed by atoms with Crippen LogP contribution in [0.5, 0.6) is 0 Å². The van der Waals surface area contributed by atoms with Gasteiger partial charge in [-0.1, -0.05) is 15.9 Å². The Bertz CT molecular complexity index is 462. The Balaban J connectivity index is 2.66. The van der Waals surface area contributed by atoms with Crippen LogP contribution in [-0.4, -0.2) is 7.05 Å². The van der Waals surface area contributed by atoms with E-state index in [0.29, 0.717) is 0 Å². The monoisotopic (exact) mass is 253 g/mol. The minimum absolute atomic E-state index is 0.836. The first kappa shape index (κ1) is 9.74. The standard InChI is InChI=1S/C11H12BrNO/c1-7-3-9(12)4-10-8(5-13-2)6-14-11(7)10/h3-4,6,13H,5H2,1-2H3. The van der Waals surface area contributed by atoms with Gasteiger partial charge < -0.3 is 9.73 Å². The predicted molar refractivity (Wildman–Crippen MR) is 61.4 cm³/mol. The molecule has 1 aromatic heterocycles. The van der Waals surface area contributed by atoms with Crippen molar-refractivity contribution in [1.29, 1.82) is 0 Å². The molecule has 0 atom stereocenters. The summed E-state index contributed by atoms with van der Waals surface area (Å²) < 4.78 is 6.62. The lowest BCUT2D eigenvalue weighted by molar-refractivity contribution is 0.605. The number of hydrogen-bond donors (Lipinski definition) is 1. The fourth-order valence-electron chi connectivity index (χ4n) is 1.65. The zero-order valence-electron chi connectivity index (χ0n) is 8.23. The first-order valence-corrected chi connectivity index (χ1v) is 5.32. The van der Waals surface area contributed by atoms with E-state index in [1.807, 2.05) is 13.3 Å². The summed E-state index contributed by atoms with van der Waals surface area (Å²) in [6, 6.07) is 4.16. The van der Waals surface area contributed by atoms with Crippen LogP contribution in [0.25, 0.3) is 11.0 Å². The smallest absolute Gasteiger partial charge is 0.137 e. The van der Waals surface area contributed by atoms with Crippen molar-refractivity contribution in [2.45, 2.75) is 13.5 Å². The third-order valence-corrected chi connectivity index (χ3v) is 2.73. The average molecular weight is 254 g/mol. The number of furan rings is 1. The van der Waals surface area contributed by atoms with Gasteiger partial charge in [-0.25, -0.2) is 0 Å². The van der Waals surface area contributed by atoms with Crippen molar-refractivity contribution in [2.24, 2.45) is 0 Å². The van der Waals surface area contributed by atoms with Gasteiger partial charge in [-0.2, -0.15) is 0 Å². The minimum Gasteiger partial charge on any atom is -0.464 e. The van der Waals surface area contributed by atoms with E-state index in [1.54, 1.807) is 0 Å². The molecule has 1 aromatic carbocycles. The average Bonchev–Trinajstić information content (AvgIpc) is 2.49. The highest BCUT2D eigenvalue weighted by Gasteiger charge is 2.08. The van der Waals surface area contributed by atoms with E-state index in [2.05, 4.69) is 40.3 Å². The molecule has 2 nitrogen and oxygen atoms in total. The van der Waals surface area contributed by atoms with Gasteiger partial charge in [0.25, 0.3) is 0 Å². The molecular formula is C11H12BrNO. The van der Waals surface area contributed by atoms with E-state index in [1.165, 1.54) is 10.9 Å². The summed E-state index contributed by atoms with van der Waals surface area (Å²) in [4.78, 5) is 0. The number of hydrogen-bond acceptors (Lipinski definition) is 2. The van der Waals surface area contributed by atoms with Gasteiger partial charge in [0, 0.05) is 22.0 Å². The summed E-state index contributed by atoms with van der Waals surface area (Å²) in [6.07, 6.45) is 1.82. The van der Waals surface area contributed by atoms with Gasteiger partial charge in [-0.05, 0) is 31.7 Å². The molecule has 0 aliphatic carbocycles. The highest BCUT2D eigenvalue weighted by molar-refractivity contribution is 9.10. The lowest BCUT2D eigenvalue weighted by Gasteiger charge is -1.99. The lowest BCUT2D eigenvalue weighted by Crippen LogP contribution is -2.03. The molecule has 0 radical (unpaired) electrons. The molecule has 0 aliphatic heterocycles. The molecule has 0 amide bonds. The van der Waals surface area contributed by atoms with Crippen LogP contribution in [0, 0.1) is 6.92 Å². The molecule has 0 unspecified atom stereocenters. The Morgan fingerprint density at radius 3 is 2.93 bits per heavy atom. The molecule has 0 saturated carbocycles. The molecule has 0 spiro atoms. The maximum absolute atomic E-state index is 5.53. The second-order valence-electron chi connectivity index (χ2n) is 3.39. The van der Waals surface area contributed by atoms with E-state index in [-0.39, 0.29) is 0 Å². The molecule has 1 heterocycles. The number of benzene rings is 1. The Labute approximate surface area is 91.4 Å². The van der Waals surface area contributed by atoms with Crippen LogP contribution in [-0.2, 0) is 6.54 Å². The summed E-state index contributed by atoms with van der Waals surface area (Å²) in [5.41, 5.74) is 3.35. The van der Waals surface area contributed by atoms with Gasteiger partial charge >= 0.3 is 0 Å². The first-order chi connectivity index (χ1) is 6.72. The van der Waals surface area contributed by atoms with Crippen molar-refractivity contribution in [3.8, 4) is 0 Å². The fourth-order valence-corrected chi connectivity index (χ4v) is 2.22. The van der Waals surface area contributed by atoms with E-state index < -0.39 is 0 Å². The molecule has 3 heteroatoms. The van der Waals surface area contributed by atoms with Crippen LogP contribution in [0.3, 0.4) is 0 Å². The zero-order chi connectivity index (χ0) is 10.1. The van der Waals surface area contributed by atoms with Gasteiger partial charge in [-0.15, -0.1) is 0 Å². The van der Waals surface area contributed by atoms with E-state index in [4.69, 9.17) is 4.42 Å². The first-order valence-electron chi connectivity index (χ1n) is 4.53. The van der Waals surface area contributed by atoms with Gasteiger partial charge in [-0.3, -0.25) is 0 Å². The van der Waals surface area contributed by atoms with Crippen LogP contribution < -0.4 is 5.32 Å². The van der Waals surface area contributed by atoms with E-state index in [0.717, 1.165) is 22.2 Å². The maximum atomic E-state index is 5.53. The van der Waals surface area contributed by atoms with Crippen molar-refractivity contribution in [2.75, 3.05) is 7.05 Å². The topological polar surface area (TPSA) is 25.2 Å². The van der Waals surface area contributed by atoms with E-state index in [9.17, 15) is 0 Å². The summed E-state index contributed by atoms with van der Waals surface area (Å²) in [6.45, 7) is 2.89. The van der Waals surface area contributed by atoms with Crippen molar-refractivity contribution in [3.05, 3.63) is 34.0 Å². The zero-order valence-corrected chi connectivity index (χ0v) is 9.81. The number of aryl methyl sites for hydroxylation is 1. The fraction of sp³-hybridized carbons (Fsp3) is 0.273. The summed E-state index contributed by atoms with van der Waals surface area (Å²) in [7, 11) is 1.93. The quantitative estimate of drug-likeness (QED) is 0.890. The SMILES string of the molecule is CNCc1coc2c(C)cc(Br)cc12. The molecule has 1 N–H and O–H groups in total. The Morgan fingerprint density at radius 2 is 2.21 bits per heavy atom. The highest BCUT2D eigenvalue weighted by Crippen LogP contribution is 2.28. The lowest BCUT2D eigenvalue weighted by atomic mass is 10.1. The van der Waals surface area contributed by atoms with Crippen LogP contribution >= 0.6 is 15.9 Å². The van der Waals surface area contributed by atoms with Gasteiger partial charge in [0.05, 0.1) is 6.26 Å². The molecule has 0 aliphatic rings. The largest absolute Gasteiger partial charge is 0.464 e.